The van der Waals surface area contributed by atoms with Crippen LogP contribution in [0.1, 0.15) is 40.5 Å². The van der Waals surface area contributed by atoms with Crippen LogP contribution in [0.2, 0.25) is 0 Å². The van der Waals surface area contributed by atoms with E-state index in [1.165, 1.54) is 12.1 Å². The van der Waals surface area contributed by atoms with Crippen molar-refractivity contribution < 1.29 is 4.39 Å². The zero-order valence-corrected chi connectivity index (χ0v) is 12.7. The number of nitrogens with one attached hydrogen (secondary N) is 1. The van der Waals surface area contributed by atoms with Gasteiger partial charge in [-0.25, -0.2) is 4.39 Å². The van der Waals surface area contributed by atoms with E-state index in [2.05, 4.69) is 37.9 Å². The molecule has 1 N–H and O–H groups in total. The SMILES string of the molecule is CCN(CCCCNC(C)(C)C)c1ccc(F)cc1. The van der Waals surface area contributed by atoms with Crippen molar-refractivity contribution in [3.05, 3.63) is 30.1 Å². The van der Waals surface area contributed by atoms with Crippen molar-refractivity contribution in [2.24, 2.45) is 0 Å². The molecule has 0 spiro atoms. The Labute approximate surface area is 117 Å². The van der Waals surface area contributed by atoms with Gasteiger partial charge in [-0.1, -0.05) is 0 Å². The minimum atomic E-state index is -0.172. The molecular weight excluding hydrogens is 239 g/mol. The predicted octanol–water partition coefficient (Wildman–Crippen LogP) is 3.82. The predicted molar refractivity (Wildman–Crippen MR) is 81.3 cm³/mol. The first-order valence-corrected chi connectivity index (χ1v) is 7.18. The second-order valence-corrected chi connectivity index (χ2v) is 5.94. The average Bonchev–Trinajstić information content (AvgIpc) is 2.34. The lowest BCUT2D eigenvalue weighted by Crippen LogP contribution is -2.36. The van der Waals surface area contributed by atoms with Crippen molar-refractivity contribution in [2.45, 2.75) is 46.1 Å². The fourth-order valence-corrected chi connectivity index (χ4v) is 2.01. The molecule has 0 atom stereocenters. The summed E-state index contributed by atoms with van der Waals surface area (Å²) >= 11 is 0. The van der Waals surface area contributed by atoms with Crippen LogP contribution in [-0.2, 0) is 0 Å². The molecule has 0 aliphatic rings. The van der Waals surface area contributed by atoms with Gasteiger partial charge in [-0.15, -0.1) is 0 Å². The van der Waals surface area contributed by atoms with Crippen LogP contribution in [0.3, 0.4) is 0 Å². The van der Waals surface area contributed by atoms with Crippen LogP contribution in [0.25, 0.3) is 0 Å². The van der Waals surface area contributed by atoms with Gasteiger partial charge in [-0.2, -0.15) is 0 Å². The molecule has 0 saturated heterocycles. The van der Waals surface area contributed by atoms with E-state index in [0.29, 0.717) is 0 Å². The maximum atomic E-state index is 12.9. The van der Waals surface area contributed by atoms with Crippen molar-refractivity contribution in [2.75, 3.05) is 24.5 Å². The number of nitrogens with zero attached hydrogens (tertiary/aromatic N) is 1. The molecule has 0 aromatic heterocycles. The van der Waals surface area contributed by atoms with Gasteiger partial charge in [0.05, 0.1) is 0 Å². The molecule has 2 nitrogen and oxygen atoms in total. The molecule has 19 heavy (non-hydrogen) atoms. The highest BCUT2D eigenvalue weighted by atomic mass is 19.1. The maximum Gasteiger partial charge on any atom is 0.123 e. The van der Waals surface area contributed by atoms with E-state index in [1.807, 2.05) is 12.1 Å². The Balaban J connectivity index is 2.31. The van der Waals surface area contributed by atoms with Crippen LogP contribution in [0.5, 0.6) is 0 Å². The van der Waals surface area contributed by atoms with Gasteiger partial charge in [0.1, 0.15) is 5.82 Å². The quantitative estimate of drug-likeness (QED) is 0.755. The lowest BCUT2D eigenvalue weighted by molar-refractivity contribution is 0.419. The van der Waals surface area contributed by atoms with E-state index in [1.54, 1.807) is 0 Å². The number of hydrogen-bond acceptors (Lipinski definition) is 2. The Hall–Kier alpha value is -1.09. The van der Waals surface area contributed by atoms with E-state index in [0.717, 1.165) is 38.2 Å². The van der Waals surface area contributed by atoms with E-state index in [-0.39, 0.29) is 11.4 Å². The van der Waals surface area contributed by atoms with Crippen molar-refractivity contribution in [1.29, 1.82) is 0 Å². The normalized spacial score (nSPS) is 11.6. The number of hydrogen-bond donors (Lipinski definition) is 1. The number of unbranched alkanes of at least 4 members (excludes halogenated alkanes) is 1. The number of anilines is 1. The minimum absolute atomic E-state index is 0.172. The number of rotatable bonds is 7. The van der Waals surface area contributed by atoms with Gasteiger partial charge in [0.15, 0.2) is 0 Å². The molecule has 0 fully saturated rings. The van der Waals surface area contributed by atoms with Crippen LogP contribution in [0.15, 0.2) is 24.3 Å². The van der Waals surface area contributed by atoms with Gasteiger partial charge in [-0.3, -0.25) is 0 Å². The smallest absolute Gasteiger partial charge is 0.123 e. The number of halogens is 1. The van der Waals surface area contributed by atoms with Crippen molar-refractivity contribution in [3.63, 3.8) is 0 Å². The lowest BCUT2D eigenvalue weighted by Gasteiger charge is -2.24. The fourth-order valence-electron chi connectivity index (χ4n) is 2.01. The monoisotopic (exact) mass is 266 g/mol. The van der Waals surface area contributed by atoms with Gasteiger partial charge >= 0.3 is 0 Å². The second-order valence-electron chi connectivity index (χ2n) is 5.94. The van der Waals surface area contributed by atoms with Gasteiger partial charge < -0.3 is 10.2 Å². The van der Waals surface area contributed by atoms with E-state index in [9.17, 15) is 4.39 Å². The Morgan fingerprint density at radius 2 is 1.74 bits per heavy atom. The first-order chi connectivity index (χ1) is 8.92. The Bertz CT molecular complexity index is 354. The molecular formula is C16H27FN2. The molecule has 0 amide bonds. The average molecular weight is 266 g/mol. The first-order valence-electron chi connectivity index (χ1n) is 7.18. The molecule has 1 aromatic rings. The first kappa shape index (κ1) is 16.0. The summed E-state index contributed by atoms with van der Waals surface area (Å²) in [5.41, 5.74) is 1.30. The summed E-state index contributed by atoms with van der Waals surface area (Å²) in [6.45, 7) is 11.7. The number of benzene rings is 1. The van der Waals surface area contributed by atoms with Crippen molar-refractivity contribution >= 4 is 5.69 Å². The minimum Gasteiger partial charge on any atom is -0.372 e. The zero-order chi connectivity index (χ0) is 14.3. The van der Waals surface area contributed by atoms with Crippen molar-refractivity contribution in [1.82, 2.24) is 5.32 Å². The van der Waals surface area contributed by atoms with Gasteiger partial charge in [0.25, 0.3) is 0 Å². The summed E-state index contributed by atoms with van der Waals surface area (Å²) in [6, 6.07) is 6.76. The standard InChI is InChI=1S/C16H27FN2/c1-5-19(15-10-8-14(17)9-11-15)13-7-6-12-18-16(2,3)4/h8-11,18H,5-7,12-13H2,1-4H3. The van der Waals surface area contributed by atoms with Crippen LogP contribution < -0.4 is 10.2 Å². The summed E-state index contributed by atoms with van der Waals surface area (Å²) in [5.74, 6) is -0.172. The molecule has 0 unspecified atom stereocenters. The highest BCUT2D eigenvalue weighted by Crippen LogP contribution is 2.15. The molecule has 108 valence electrons. The largest absolute Gasteiger partial charge is 0.372 e. The molecule has 0 heterocycles. The van der Waals surface area contributed by atoms with Crippen LogP contribution in [0.4, 0.5) is 10.1 Å². The molecule has 0 aliphatic heterocycles. The third-order valence-electron chi connectivity index (χ3n) is 3.08. The Kier molecular flexibility index (Phi) is 6.29. The van der Waals surface area contributed by atoms with Crippen LogP contribution in [0, 0.1) is 5.82 Å². The summed E-state index contributed by atoms with van der Waals surface area (Å²) in [5, 5.41) is 3.49. The topological polar surface area (TPSA) is 15.3 Å². The Morgan fingerprint density at radius 1 is 1.11 bits per heavy atom. The van der Waals surface area contributed by atoms with E-state index >= 15 is 0 Å². The second kappa shape index (κ2) is 7.49. The lowest BCUT2D eigenvalue weighted by atomic mass is 10.1. The zero-order valence-electron chi connectivity index (χ0n) is 12.7. The van der Waals surface area contributed by atoms with Crippen LogP contribution in [-0.4, -0.2) is 25.2 Å². The maximum absolute atomic E-state index is 12.9. The summed E-state index contributed by atoms with van der Waals surface area (Å²) in [7, 11) is 0. The molecule has 0 aliphatic carbocycles. The highest BCUT2D eigenvalue weighted by Gasteiger charge is 2.08. The van der Waals surface area contributed by atoms with Crippen molar-refractivity contribution in [3.8, 4) is 0 Å². The molecule has 0 bridgehead atoms. The van der Waals surface area contributed by atoms with E-state index < -0.39 is 0 Å². The van der Waals surface area contributed by atoms with Gasteiger partial charge in [-0.05, 0) is 71.3 Å². The third-order valence-corrected chi connectivity index (χ3v) is 3.08. The molecule has 0 saturated carbocycles. The summed E-state index contributed by atoms with van der Waals surface area (Å²) in [6.07, 6.45) is 2.31. The van der Waals surface area contributed by atoms with E-state index in [4.69, 9.17) is 0 Å². The molecule has 1 aromatic carbocycles. The Morgan fingerprint density at radius 3 is 2.26 bits per heavy atom. The molecule has 0 radical (unpaired) electrons. The molecule has 1 rings (SSSR count). The van der Waals surface area contributed by atoms with Gasteiger partial charge in [0, 0.05) is 24.3 Å². The summed E-state index contributed by atoms with van der Waals surface area (Å²) < 4.78 is 12.9. The summed E-state index contributed by atoms with van der Waals surface area (Å²) in [4.78, 5) is 2.29. The van der Waals surface area contributed by atoms with Crippen LogP contribution >= 0.6 is 0 Å². The molecule has 3 heteroatoms. The highest BCUT2D eigenvalue weighted by molar-refractivity contribution is 5.45. The third kappa shape index (κ3) is 6.58. The van der Waals surface area contributed by atoms with Gasteiger partial charge in [0.2, 0.25) is 0 Å². The fraction of sp³-hybridized carbons (Fsp3) is 0.625.